The minimum atomic E-state index is -0.371. The summed E-state index contributed by atoms with van der Waals surface area (Å²) in [4.78, 5) is 28.3. The minimum Gasteiger partial charge on any atom is -0.465 e. The molecule has 1 aromatic rings. The number of rotatable bonds is 6. The van der Waals surface area contributed by atoms with Crippen molar-refractivity contribution in [3.05, 3.63) is 35.9 Å². The van der Waals surface area contributed by atoms with Gasteiger partial charge in [0.2, 0.25) is 5.91 Å². The van der Waals surface area contributed by atoms with Crippen LogP contribution in [0.25, 0.3) is 0 Å². The van der Waals surface area contributed by atoms with Crippen LogP contribution >= 0.6 is 11.8 Å². The predicted octanol–water partition coefficient (Wildman–Crippen LogP) is 1.80. The van der Waals surface area contributed by atoms with Crippen molar-refractivity contribution in [1.82, 2.24) is 9.80 Å². The fraction of sp³-hybridized carbons (Fsp3) is 0.529. The topological polar surface area (TPSA) is 49.9 Å². The highest BCUT2D eigenvalue weighted by Gasteiger charge is 2.31. The first kappa shape index (κ1) is 17.8. The molecule has 1 aromatic carbocycles. The monoisotopic (exact) mass is 336 g/mol. The lowest BCUT2D eigenvalue weighted by Crippen LogP contribution is -2.46. The van der Waals surface area contributed by atoms with Crippen molar-refractivity contribution in [2.75, 3.05) is 44.8 Å². The van der Waals surface area contributed by atoms with Gasteiger partial charge >= 0.3 is 5.97 Å². The number of hydrogen-bond acceptors (Lipinski definition) is 5. The average Bonchev–Trinajstić information content (AvgIpc) is 2.57. The van der Waals surface area contributed by atoms with Gasteiger partial charge in [0.05, 0.1) is 6.61 Å². The van der Waals surface area contributed by atoms with Crippen LogP contribution < -0.4 is 0 Å². The summed E-state index contributed by atoms with van der Waals surface area (Å²) in [5.41, 5.74) is 0.972. The molecule has 0 bridgehead atoms. The first-order valence-electron chi connectivity index (χ1n) is 7.90. The zero-order valence-electron chi connectivity index (χ0n) is 13.7. The van der Waals surface area contributed by atoms with Gasteiger partial charge in [-0.2, -0.15) is 11.8 Å². The molecule has 6 heteroatoms. The normalized spacial score (nSPS) is 16.6. The molecule has 1 fully saturated rings. The second kappa shape index (κ2) is 8.93. The Morgan fingerprint density at radius 1 is 1.26 bits per heavy atom. The smallest absolute Gasteiger partial charge is 0.325 e. The van der Waals surface area contributed by atoms with E-state index in [1.165, 1.54) is 4.90 Å². The molecule has 0 saturated carbocycles. The Morgan fingerprint density at radius 3 is 2.52 bits per heavy atom. The summed E-state index contributed by atoms with van der Waals surface area (Å²) in [5.74, 6) is 1.62. The van der Waals surface area contributed by atoms with Gasteiger partial charge in [-0.25, -0.2) is 0 Å². The predicted molar refractivity (Wildman–Crippen MR) is 92.4 cm³/mol. The number of carbonyl (C=O) groups is 2. The fourth-order valence-electron chi connectivity index (χ4n) is 2.67. The number of ether oxygens (including phenoxy) is 1. The van der Waals surface area contributed by atoms with Crippen LogP contribution in [0.1, 0.15) is 18.5 Å². The number of benzene rings is 1. The van der Waals surface area contributed by atoms with Gasteiger partial charge in [-0.1, -0.05) is 30.3 Å². The lowest BCUT2D eigenvalue weighted by Gasteiger charge is -2.35. The number of hydrogen-bond donors (Lipinski definition) is 0. The highest BCUT2D eigenvalue weighted by Crippen LogP contribution is 2.26. The summed E-state index contributed by atoms with van der Waals surface area (Å²) in [6.07, 6.45) is 0. The number of esters is 1. The summed E-state index contributed by atoms with van der Waals surface area (Å²) < 4.78 is 4.94. The van der Waals surface area contributed by atoms with Crippen LogP contribution in [-0.2, 0) is 14.3 Å². The molecule has 2 rings (SSSR count). The number of nitrogens with zero attached hydrogens (tertiary/aromatic N) is 2. The van der Waals surface area contributed by atoms with E-state index >= 15 is 0 Å². The molecule has 1 heterocycles. The van der Waals surface area contributed by atoms with Crippen molar-refractivity contribution in [1.29, 1.82) is 0 Å². The molecule has 1 amide bonds. The van der Waals surface area contributed by atoms with Gasteiger partial charge < -0.3 is 9.64 Å². The van der Waals surface area contributed by atoms with Crippen molar-refractivity contribution in [2.24, 2.45) is 0 Å². The maximum absolute atomic E-state index is 13.0. The minimum absolute atomic E-state index is 0.0153. The molecule has 1 atom stereocenters. The molecule has 0 N–H and O–H groups in total. The Kier molecular flexibility index (Phi) is 6.92. The largest absolute Gasteiger partial charge is 0.465 e. The van der Waals surface area contributed by atoms with Crippen LogP contribution in [0.15, 0.2) is 30.3 Å². The zero-order valence-corrected chi connectivity index (χ0v) is 14.6. The van der Waals surface area contributed by atoms with E-state index in [1.54, 1.807) is 14.0 Å². The van der Waals surface area contributed by atoms with E-state index in [9.17, 15) is 9.59 Å². The highest BCUT2D eigenvalue weighted by molar-refractivity contribution is 7.99. The molecule has 1 saturated heterocycles. The molecule has 1 aliphatic heterocycles. The van der Waals surface area contributed by atoms with Crippen LogP contribution in [0.4, 0.5) is 0 Å². The Hall–Kier alpha value is -1.53. The molecule has 126 valence electrons. The third-order valence-corrected chi connectivity index (χ3v) is 4.75. The highest BCUT2D eigenvalue weighted by atomic mass is 32.2. The van der Waals surface area contributed by atoms with Crippen molar-refractivity contribution >= 4 is 23.6 Å². The van der Waals surface area contributed by atoms with E-state index in [0.717, 1.165) is 30.2 Å². The maximum Gasteiger partial charge on any atom is 0.325 e. The van der Waals surface area contributed by atoms with Crippen LogP contribution in [0.3, 0.4) is 0 Å². The van der Waals surface area contributed by atoms with E-state index in [4.69, 9.17) is 4.74 Å². The summed E-state index contributed by atoms with van der Waals surface area (Å²) in [7, 11) is 1.66. The fourth-order valence-corrected chi connectivity index (χ4v) is 3.60. The summed E-state index contributed by atoms with van der Waals surface area (Å²) in [6, 6.07) is 9.44. The van der Waals surface area contributed by atoms with Crippen LogP contribution in [0, 0.1) is 0 Å². The third-order valence-electron chi connectivity index (χ3n) is 3.81. The van der Waals surface area contributed by atoms with Crippen molar-refractivity contribution < 1.29 is 14.3 Å². The molecular formula is C17H24N2O3S. The molecule has 0 aromatic heterocycles. The molecule has 1 aliphatic rings. The van der Waals surface area contributed by atoms with Crippen molar-refractivity contribution in [3.8, 4) is 0 Å². The van der Waals surface area contributed by atoms with Gasteiger partial charge in [-0.15, -0.1) is 0 Å². The van der Waals surface area contributed by atoms with E-state index < -0.39 is 0 Å². The number of thioether (sulfide) groups is 1. The number of likely N-dealkylation sites (N-methyl/N-ethyl adjacent to an activating group) is 1. The van der Waals surface area contributed by atoms with Crippen molar-refractivity contribution in [2.45, 2.75) is 13.0 Å². The third kappa shape index (κ3) is 4.97. The molecule has 1 unspecified atom stereocenters. The first-order valence-corrected chi connectivity index (χ1v) is 9.06. The molecule has 5 nitrogen and oxygen atoms in total. The van der Waals surface area contributed by atoms with Gasteiger partial charge in [-0.3, -0.25) is 14.5 Å². The summed E-state index contributed by atoms with van der Waals surface area (Å²) in [5, 5.41) is 0. The molecular weight excluding hydrogens is 312 g/mol. The molecule has 0 radical (unpaired) electrons. The standard InChI is InChI=1S/C17H24N2O3S/c1-3-22-15(20)13-18(2)17(21)16(14-7-5-4-6-8-14)19-9-11-23-12-10-19/h4-8,16H,3,9-13H2,1-2H3. The van der Waals surface area contributed by atoms with Crippen LogP contribution in [-0.4, -0.2) is 66.5 Å². The molecule has 23 heavy (non-hydrogen) atoms. The second-order valence-corrected chi connectivity index (χ2v) is 6.69. The Balaban J connectivity index is 2.15. The number of amides is 1. The van der Waals surface area contributed by atoms with Crippen LogP contribution in [0.2, 0.25) is 0 Å². The number of carbonyl (C=O) groups excluding carboxylic acids is 2. The van der Waals surface area contributed by atoms with E-state index in [0.29, 0.717) is 6.61 Å². The van der Waals surface area contributed by atoms with Gasteiger partial charge in [0.15, 0.2) is 0 Å². The van der Waals surface area contributed by atoms with Gasteiger partial charge in [-0.05, 0) is 12.5 Å². The first-order chi connectivity index (χ1) is 11.1. The molecule has 0 spiro atoms. The Morgan fingerprint density at radius 2 is 1.91 bits per heavy atom. The van der Waals surface area contributed by atoms with Gasteiger partial charge in [0, 0.05) is 31.6 Å². The summed E-state index contributed by atoms with van der Waals surface area (Å²) in [6.45, 7) is 3.83. The van der Waals surface area contributed by atoms with E-state index in [-0.39, 0.29) is 24.5 Å². The Bertz CT molecular complexity index is 518. The van der Waals surface area contributed by atoms with E-state index in [2.05, 4.69) is 4.90 Å². The quantitative estimate of drug-likeness (QED) is 0.742. The van der Waals surface area contributed by atoms with Gasteiger partial charge in [0.1, 0.15) is 12.6 Å². The van der Waals surface area contributed by atoms with E-state index in [1.807, 2.05) is 42.1 Å². The second-order valence-electron chi connectivity index (χ2n) is 5.46. The van der Waals surface area contributed by atoms with Crippen LogP contribution in [0.5, 0.6) is 0 Å². The lowest BCUT2D eigenvalue weighted by atomic mass is 10.0. The Labute approximate surface area is 142 Å². The van der Waals surface area contributed by atoms with Gasteiger partial charge in [0.25, 0.3) is 0 Å². The van der Waals surface area contributed by atoms with Crippen molar-refractivity contribution in [3.63, 3.8) is 0 Å². The zero-order chi connectivity index (χ0) is 16.7. The lowest BCUT2D eigenvalue weighted by molar-refractivity contribution is -0.149. The maximum atomic E-state index is 13.0. The SMILES string of the molecule is CCOC(=O)CN(C)C(=O)C(c1ccccc1)N1CCSCC1. The summed E-state index contributed by atoms with van der Waals surface area (Å²) >= 11 is 1.91. The molecule has 0 aliphatic carbocycles. The average molecular weight is 336 g/mol.